The average molecular weight is 309 g/mol. The van der Waals surface area contributed by atoms with Crippen LogP contribution in [0.5, 0.6) is 0 Å². The van der Waals surface area contributed by atoms with Crippen molar-refractivity contribution in [3.8, 4) is 11.3 Å². The molecule has 0 spiro atoms. The molecular formula is C19H23N3O. The van der Waals surface area contributed by atoms with Crippen molar-refractivity contribution in [1.82, 2.24) is 9.88 Å². The second-order valence-corrected chi connectivity index (χ2v) is 6.20. The zero-order valence-corrected chi connectivity index (χ0v) is 13.8. The van der Waals surface area contributed by atoms with Gasteiger partial charge in [-0.25, -0.2) is 0 Å². The summed E-state index contributed by atoms with van der Waals surface area (Å²) >= 11 is 0. The summed E-state index contributed by atoms with van der Waals surface area (Å²) in [4.78, 5) is 21.4. The molecule has 1 fully saturated rings. The molecule has 0 N–H and O–H groups in total. The molecule has 0 bridgehead atoms. The van der Waals surface area contributed by atoms with Gasteiger partial charge in [0.15, 0.2) is 0 Å². The summed E-state index contributed by atoms with van der Waals surface area (Å²) in [6.45, 7) is 1.70. The second-order valence-electron chi connectivity index (χ2n) is 6.20. The summed E-state index contributed by atoms with van der Waals surface area (Å²) in [5.41, 5.74) is 3.55. The number of carbonyl (C=O) groups excluding carboxylic acids is 1. The first-order valence-electron chi connectivity index (χ1n) is 8.19. The molecule has 2 aromatic rings. The number of rotatable bonds is 3. The van der Waals surface area contributed by atoms with Crippen molar-refractivity contribution in [2.75, 3.05) is 32.1 Å². The highest BCUT2D eigenvalue weighted by atomic mass is 16.2. The molecular weight excluding hydrogens is 286 g/mol. The van der Waals surface area contributed by atoms with Gasteiger partial charge in [0.2, 0.25) is 0 Å². The molecule has 4 heteroatoms. The van der Waals surface area contributed by atoms with E-state index in [-0.39, 0.29) is 5.91 Å². The van der Waals surface area contributed by atoms with Crippen LogP contribution in [0.15, 0.2) is 42.6 Å². The van der Waals surface area contributed by atoms with E-state index in [1.54, 1.807) is 6.20 Å². The molecule has 1 aromatic heterocycles. The molecule has 4 nitrogen and oxygen atoms in total. The fourth-order valence-corrected chi connectivity index (χ4v) is 3.01. The van der Waals surface area contributed by atoms with Crippen molar-refractivity contribution in [2.24, 2.45) is 0 Å². The third-order valence-corrected chi connectivity index (χ3v) is 4.32. The highest BCUT2D eigenvalue weighted by molar-refractivity contribution is 6.00. The molecule has 1 aliphatic heterocycles. The number of aromatic nitrogens is 1. The summed E-state index contributed by atoms with van der Waals surface area (Å²) in [6.07, 6.45) is 5.16. The molecule has 1 saturated heterocycles. The maximum atomic E-state index is 12.9. The van der Waals surface area contributed by atoms with Crippen LogP contribution in [-0.4, -0.2) is 43.0 Å². The van der Waals surface area contributed by atoms with Crippen molar-refractivity contribution < 1.29 is 4.79 Å². The van der Waals surface area contributed by atoms with Gasteiger partial charge in [0.25, 0.3) is 5.91 Å². The lowest BCUT2D eigenvalue weighted by atomic mass is 10.0. The number of benzene rings is 1. The van der Waals surface area contributed by atoms with Gasteiger partial charge >= 0.3 is 0 Å². The minimum absolute atomic E-state index is 0.100. The lowest BCUT2D eigenvalue weighted by Gasteiger charge is -2.27. The first kappa shape index (κ1) is 15.5. The molecule has 2 heterocycles. The van der Waals surface area contributed by atoms with Gasteiger partial charge in [-0.15, -0.1) is 0 Å². The van der Waals surface area contributed by atoms with Gasteiger partial charge in [-0.05, 0) is 43.5 Å². The number of nitrogens with zero attached hydrogens (tertiary/aromatic N) is 3. The van der Waals surface area contributed by atoms with E-state index in [0.29, 0.717) is 5.56 Å². The molecule has 0 atom stereocenters. The van der Waals surface area contributed by atoms with Crippen LogP contribution in [0.25, 0.3) is 11.3 Å². The predicted octanol–water partition coefficient (Wildman–Crippen LogP) is 3.44. The van der Waals surface area contributed by atoms with E-state index in [2.05, 4.69) is 22.0 Å². The van der Waals surface area contributed by atoms with Gasteiger partial charge in [0, 0.05) is 44.6 Å². The number of carbonyl (C=O) groups is 1. The van der Waals surface area contributed by atoms with Gasteiger partial charge in [-0.1, -0.05) is 12.1 Å². The van der Waals surface area contributed by atoms with Crippen LogP contribution in [-0.2, 0) is 0 Å². The third kappa shape index (κ3) is 3.36. The van der Waals surface area contributed by atoms with E-state index in [4.69, 9.17) is 0 Å². The largest absolute Gasteiger partial charge is 0.378 e. The van der Waals surface area contributed by atoms with Crippen LogP contribution in [0.3, 0.4) is 0 Å². The zero-order chi connectivity index (χ0) is 16.2. The SMILES string of the molecule is CN(C)c1cccc(-c2ncccc2C(=O)N2CCCCC2)c1. The average Bonchev–Trinajstić information content (AvgIpc) is 2.62. The molecule has 1 amide bonds. The Morgan fingerprint density at radius 2 is 1.87 bits per heavy atom. The van der Waals surface area contributed by atoms with Gasteiger partial charge in [0.1, 0.15) is 0 Å². The summed E-state index contributed by atoms with van der Waals surface area (Å²) in [5, 5.41) is 0. The van der Waals surface area contributed by atoms with Crippen molar-refractivity contribution in [2.45, 2.75) is 19.3 Å². The van der Waals surface area contributed by atoms with Crippen LogP contribution >= 0.6 is 0 Å². The summed E-state index contributed by atoms with van der Waals surface area (Å²) in [6, 6.07) is 11.9. The lowest BCUT2D eigenvalue weighted by Crippen LogP contribution is -2.35. The lowest BCUT2D eigenvalue weighted by molar-refractivity contribution is 0.0725. The van der Waals surface area contributed by atoms with Crippen molar-refractivity contribution in [3.05, 3.63) is 48.2 Å². The van der Waals surface area contributed by atoms with Crippen molar-refractivity contribution in [1.29, 1.82) is 0 Å². The van der Waals surface area contributed by atoms with Crippen LogP contribution in [0.1, 0.15) is 29.6 Å². The molecule has 0 saturated carbocycles. The summed E-state index contributed by atoms with van der Waals surface area (Å²) < 4.78 is 0. The Morgan fingerprint density at radius 1 is 1.09 bits per heavy atom. The van der Waals surface area contributed by atoms with Gasteiger partial charge in [0.05, 0.1) is 11.3 Å². The molecule has 120 valence electrons. The number of hydrogen-bond acceptors (Lipinski definition) is 3. The Kier molecular flexibility index (Phi) is 4.60. The zero-order valence-electron chi connectivity index (χ0n) is 13.8. The number of hydrogen-bond donors (Lipinski definition) is 0. The Bertz CT molecular complexity index is 691. The standard InChI is InChI=1S/C19H23N3O/c1-21(2)16-9-6-8-15(14-16)18-17(10-7-11-20-18)19(23)22-12-4-3-5-13-22/h6-11,14H,3-5,12-13H2,1-2H3. The first-order valence-corrected chi connectivity index (χ1v) is 8.19. The molecule has 0 aliphatic carbocycles. The second kappa shape index (κ2) is 6.82. The van der Waals surface area contributed by atoms with E-state index in [9.17, 15) is 4.79 Å². The molecule has 23 heavy (non-hydrogen) atoms. The highest BCUT2D eigenvalue weighted by Gasteiger charge is 2.21. The number of piperidine rings is 1. The van der Waals surface area contributed by atoms with Crippen LogP contribution in [0.4, 0.5) is 5.69 Å². The quantitative estimate of drug-likeness (QED) is 0.871. The number of anilines is 1. The van der Waals surface area contributed by atoms with E-state index < -0.39 is 0 Å². The van der Waals surface area contributed by atoms with Crippen LogP contribution < -0.4 is 4.90 Å². The van der Waals surface area contributed by atoms with Crippen molar-refractivity contribution in [3.63, 3.8) is 0 Å². The Labute approximate surface area is 137 Å². The summed E-state index contributed by atoms with van der Waals surface area (Å²) in [7, 11) is 4.02. The van der Waals surface area contributed by atoms with Crippen molar-refractivity contribution >= 4 is 11.6 Å². The van der Waals surface area contributed by atoms with E-state index in [1.807, 2.05) is 43.3 Å². The Hall–Kier alpha value is -2.36. The molecule has 3 rings (SSSR count). The molecule has 1 aromatic carbocycles. The van der Waals surface area contributed by atoms with Gasteiger partial charge < -0.3 is 9.80 Å². The fourth-order valence-electron chi connectivity index (χ4n) is 3.01. The monoisotopic (exact) mass is 309 g/mol. The number of likely N-dealkylation sites (tertiary alicyclic amines) is 1. The topological polar surface area (TPSA) is 36.4 Å². The predicted molar refractivity (Wildman–Crippen MR) is 93.8 cm³/mol. The number of pyridine rings is 1. The minimum atomic E-state index is 0.100. The fraction of sp³-hybridized carbons (Fsp3) is 0.368. The normalized spacial score (nSPS) is 14.6. The Balaban J connectivity index is 1.97. The maximum absolute atomic E-state index is 12.9. The van der Waals surface area contributed by atoms with E-state index in [1.165, 1.54) is 6.42 Å². The maximum Gasteiger partial charge on any atom is 0.256 e. The number of amides is 1. The smallest absolute Gasteiger partial charge is 0.256 e. The van der Waals surface area contributed by atoms with Gasteiger partial charge in [-0.3, -0.25) is 9.78 Å². The third-order valence-electron chi connectivity index (χ3n) is 4.32. The first-order chi connectivity index (χ1) is 11.2. The van der Waals surface area contributed by atoms with Crippen LogP contribution in [0, 0.1) is 0 Å². The van der Waals surface area contributed by atoms with E-state index in [0.717, 1.165) is 42.9 Å². The van der Waals surface area contributed by atoms with Crippen LogP contribution in [0.2, 0.25) is 0 Å². The van der Waals surface area contributed by atoms with E-state index >= 15 is 0 Å². The van der Waals surface area contributed by atoms with Gasteiger partial charge in [-0.2, -0.15) is 0 Å². The summed E-state index contributed by atoms with van der Waals surface area (Å²) in [5.74, 6) is 0.100. The minimum Gasteiger partial charge on any atom is -0.378 e. The molecule has 1 aliphatic rings. The molecule has 0 radical (unpaired) electrons. The highest BCUT2D eigenvalue weighted by Crippen LogP contribution is 2.26. The molecule has 0 unspecified atom stereocenters. The Morgan fingerprint density at radius 3 is 2.61 bits per heavy atom.